The third kappa shape index (κ3) is 3.01. The van der Waals surface area contributed by atoms with Crippen molar-refractivity contribution in [1.82, 2.24) is 4.40 Å². The molecule has 0 unspecified atom stereocenters. The molecule has 6 aromatic carbocycles. The first-order chi connectivity index (χ1) is 20.5. The van der Waals surface area contributed by atoms with Crippen LogP contribution in [0.1, 0.15) is 25.0 Å². The van der Waals surface area contributed by atoms with Crippen LogP contribution in [0.3, 0.4) is 0 Å². The highest BCUT2D eigenvalue weighted by Gasteiger charge is 2.36. The highest BCUT2D eigenvalue weighted by atomic mass is 16.1. The Hall–Kier alpha value is -5.21. The fourth-order valence-corrected chi connectivity index (χ4v) is 7.45. The maximum absolute atomic E-state index is 14.2. The Morgan fingerprint density at radius 2 is 1.12 bits per heavy atom. The highest BCUT2D eigenvalue weighted by Crippen LogP contribution is 2.51. The highest BCUT2D eigenvalue weighted by molar-refractivity contribution is 6.22. The lowest BCUT2D eigenvalue weighted by Crippen LogP contribution is -2.16. The number of aromatic nitrogens is 1. The van der Waals surface area contributed by atoms with Gasteiger partial charge < -0.3 is 0 Å². The van der Waals surface area contributed by atoms with Crippen LogP contribution in [0.4, 0.5) is 0 Å². The summed E-state index contributed by atoms with van der Waals surface area (Å²) >= 11 is 0. The molecule has 0 atom stereocenters. The molecule has 0 amide bonds. The quantitative estimate of drug-likeness (QED) is 0.201. The topological polar surface area (TPSA) is 21.5 Å². The van der Waals surface area contributed by atoms with Crippen LogP contribution in [0, 0.1) is 0 Å². The standard InChI is InChI=1S/C40H27NO/c1-40(2)35-18-9-8-16-29(35)31-22-32-34-21-27(26-14-10-13-25(19-26)24-11-4-3-5-12-24)20-33-28-15-6-7-17-30(28)39(42)41(38(33)34)37(32)23-36(31)40/h3-23H,1-2H3. The lowest BCUT2D eigenvalue weighted by atomic mass is 9.82. The molecule has 0 N–H and O–H groups in total. The van der Waals surface area contributed by atoms with Crippen molar-refractivity contribution in [2.75, 3.05) is 0 Å². The molecule has 1 aliphatic rings. The Balaban J connectivity index is 1.43. The molecule has 0 saturated carbocycles. The molecular formula is C40H27NO. The monoisotopic (exact) mass is 537 g/mol. The molecule has 198 valence electrons. The molecule has 0 spiro atoms. The summed E-state index contributed by atoms with van der Waals surface area (Å²) in [4.78, 5) is 14.2. The van der Waals surface area contributed by atoms with Gasteiger partial charge in [-0.2, -0.15) is 0 Å². The van der Waals surface area contributed by atoms with Gasteiger partial charge in [-0.3, -0.25) is 9.20 Å². The smallest absolute Gasteiger partial charge is 0.263 e. The van der Waals surface area contributed by atoms with Gasteiger partial charge in [0.15, 0.2) is 0 Å². The van der Waals surface area contributed by atoms with E-state index in [-0.39, 0.29) is 11.0 Å². The first-order valence-corrected chi connectivity index (χ1v) is 14.6. The van der Waals surface area contributed by atoms with Gasteiger partial charge in [-0.15, -0.1) is 0 Å². The van der Waals surface area contributed by atoms with Gasteiger partial charge in [0.05, 0.1) is 11.0 Å². The molecule has 2 aromatic heterocycles. The minimum Gasteiger partial charge on any atom is -0.275 e. The van der Waals surface area contributed by atoms with Crippen LogP contribution >= 0.6 is 0 Å². The number of pyridine rings is 1. The van der Waals surface area contributed by atoms with Crippen LogP contribution in [0.25, 0.3) is 71.3 Å². The van der Waals surface area contributed by atoms with E-state index < -0.39 is 0 Å². The fraction of sp³-hybridized carbons (Fsp3) is 0.0750. The molecule has 8 aromatic rings. The number of benzene rings is 6. The van der Waals surface area contributed by atoms with Crippen LogP contribution in [-0.2, 0) is 5.41 Å². The summed E-state index contributed by atoms with van der Waals surface area (Å²) in [6.07, 6.45) is 0. The zero-order valence-electron chi connectivity index (χ0n) is 23.5. The SMILES string of the molecule is CC1(C)c2ccccc2-c2cc3c4cc(-c5cccc(-c6ccccc6)c5)cc5c6ccccc6c(=O)n(c3cc21)c54. The summed E-state index contributed by atoms with van der Waals surface area (Å²) in [6.45, 7) is 4.59. The minimum atomic E-state index is -0.141. The average Bonchev–Trinajstić information content (AvgIpc) is 3.48. The summed E-state index contributed by atoms with van der Waals surface area (Å²) in [5.41, 5.74) is 11.8. The van der Waals surface area contributed by atoms with Crippen LogP contribution in [0.15, 0.2) is 132 Å². The van der Waals surface area contributed by atoms with Gasteiger partial charge in [0, 0.05) is 27.0 Å². The summed E-state index contributed by atoms with van der Waals surface area (Å²) in [6, 6.07) is 45.3. The van der Waals surface area contributed by atoms with Crippen LogP contribution < -0.4 is 5.56 Å². The molecule has 0 fully saturated rings. The maximum Gasteiger partial charge on any atom is 0.263 e. The van der Waals surface area contributed by atoms with Gasteiger partial charge >= 0.3 is 0 Å². The van der Waals surface area contributed by atoms with E-state index in [1.54, 1.807) is 0 Å². The molecular weight excluding hydrogens is 510 g/mol. The van der Waals surface area contributed by atoms with Crippen molar-refractivity contribution < 1.29 is 0 Å². The van der Waals surface area contributed by atoms with Gasteiger partial charge in [0.2, 0.25) is 0 Å². The average molecular weight is 538 g/mol. The van der Waals surface area contributed by atoms with Crippen LogP contribution in [0.5, 0.6) is 0 Å². The molecule has 2 heteroatoms. The van der Waals surface area contributed by atoms with E-state index in [1.165, 1.54) is 33.4 Å². The van der Waals surface area contributed by atoms with Gasteiger partial charge in [-0.05, 0) is 86.3 Å². The van der Waals surface area contributed by atoms with E-state index in [4.69, 9.17) is 0 Å². The van der Waals surface area contributed by atoms with E-state index in [2.05, 4.69) is 123 Å². The number of fused-ring (bicyclic) bond motifs is 8. The molecule has 0 aliphatic heterocycles. The van der Waals surface area contributed by atoms with Crippen molar-refractivity contribution >= 4 is 38.0 Å². The number of hydrogen-bond acceptors (Lipinski definition) is 1. The Morgan fingerprint density at radius 3 is 1.93 bits per heavy atom. The second kappa shape index (κ2) is 8.18. The lowest BCUT2D eigenvalue weighted by molar-refractivity contribution is 0.661. The van der Waals surface area contributed by atoms with E-state index in [9.17, 15) is 4.79 Å². The zero-order valence-corrected chi connectivity index (χ0v) is 23.5. The third-order valence-corrected chi connectivity index (χ3v) is 9.52. The number of rotatable bonds is 2. The minimum absolute atomic E-state index is 0.0465. The summed E-state index contributed by atoms with van der Waals surface area (Å²) in [7, 11) is 0. The third-order valence-electron chi connectivity index (χ3n) is 9.52. The zero-order chi connectivity index (χ0) is 28.2. The Bertz CT molecular complexity index is 2450. The van der Waals surface area contributed by atoms with Crippen molar-refractivity contribution in [1.29, 1.82) is 0 Å². The number of nitrogens with zero attached hydrogens (tertiary/aromatic N) is 1. The molecule has 42 heavy (non-hydrogen) atoms. The molecule has 9 rings (SSSR count). The second-order valence-electron chi connectivity index (χ2n) is 12.1. The predicted molar refractivity (Wildman–Crippen MR) is 176 cm³/mol. The largest absolute Gasteiger partial charge is 0.275 e. The Kier molecular flexibility index (Phi) is 4.57. The second-order valence-corrected chi connectivity index (χ2v) is 12.1. The van der Waals surface area contributed by atoms with Crippen molar-refractivity contribution in [3.63, 3.8) is 0 Å². The van der Waals surface area contributed by atoms with Crippen molar-refractivity contribution in [2.45, 2.75) is 19.3 Å². The predicted octanol–water partition coefficient (Wildman–Crippen LogP) is 9.84. The van der Waals surface area contributed by atoms with Crippen LogP contribution in [0.2, 0.25) is 0 Å². The Morgan fingerprint density at radius 1 is 0.476 bits per heavy atom. The van der Waals surface area contributed by atoms with E-state index >= 15 is 0 Å². The van der Waals surface area contributed by atoms with Crippen LogP contribution in [-0.4, -0.2) is 4.40 Å². The lowest BCUT2D eigenvalue weighted by Gasteiger charge is -2.21. The molecule has 0 radical (unpaired) electrons. The molecule has 0 saturated heterocycles. The summed E-state index contributed by atoms with van der Waals surface area (Å²) < 4.78 is 1.98. The van der Waals surface area contributed by atoms with Crippen molar-refractivity contribution in [3.8, 4) is 33.4 Å². The Labute approximate surface area is 243 Å². The van der Waals surface area contributed by atoms with Crippen molar-refractivity contribution in [3.05, 3.63) is 149 Å². The molecule has 1 aliphatic carbocycles. The van der Waals surface area contributed by atoms with Gasteiger partial charge in [0.1, 0.15) is 0 Å². The van der Waals surface area contributed by atoms with Gasteiger partial charge in [-0.25, -0.2) is 0 Å². The van der Waals surface area contributed by atoms with Crippen molar-refractivity contribution in [2.24, 2.45) is 0 Å². The molecule has 2 nitrogen and oxygen atoms in total. The summed E-state index contributed by atoms with van der Waals surface area (Å²) in [5.74, 6) is 0. The normalized spacial score (nSPS) is 13.8. The fourth-order valence-electron chi connectivity index (χ4n) is 7.45. The van der Waals surface area contributed by atoms with E-state index in [0.29, 0.717) is 0 Å². The van der Waals surface area contributed by atoms with E-state index in [0.717, 1.165) is 49.1 Å². The number of hydrogen-bond donors (Lipinski definition) is 0. The maximum atomic E-state index is 14.2. The summed E-state index contributed by atoms with van der Waals surface area (Å²) in [5, 5.41) is 5.11. The van der Waals surface area contributed by atoms with E-state index in [1.807, 2.05) is 22.6 Å². The molecule has 0 bridgehead atoms. The first kappa shape index (κ1) is 23.5. The van der Waals surface area contributed by atoms with Gasteiger partial charge in [0.25, 0.3) is 5.56 Å². The first-order valence-electron chi connectivity index (χ1n) is 14.6. The van der Waals surface area contributed by atoms with Gasteiger partial charge in [-0.1, -0.05) is 105 Å². The molecule has 2 heterocycles.